The SMILES string of the molecule is CC(C)=CCC[C@H](C)C[C@H](C#Cc1ccccc1)N1CCCCC1. The molecular formula is C23H33N. The van der Waals surface area contributed by atoms with Crippen LogP contribution in [-0.2, 0) is 0 Å². The summed E-state index contributed by atoms with van der Waals surface area (Å²) in [4.78, 5) is 2.62. The van der Waals surface area contributed by atoms with E-state index in [1.54, 1.807) is 0 Å². The second-order valence-corrected chi connectivity index (χ2v) is 7.45. The lowest BCUT2D eigenvalue weighted by Crippen LogP contribution is -2.39. The van der Waals surface area contributed by atoms with Gasteiger partial charge < -0.3 is 0 Å². The van der Waals surface area contributed by atoms with E-state index in [-0.39, 0.29) is 0 Å². The minimum Gasteiger partial charge on any atom is -0.290 e. The molecule has 0 saturated carbocycles. The van der Waals surface area contributed by atoms with Crippen LogP contribution in [0.15, 0.2) is 42.0 Å². The van der Waals surface area contributed by atoms with Gasteiger partial charge in [-0.1, -0.05) is 55.0 Å². The summed E-state index contributed by atoms with van der Waals surface area (Å²) in [7, 11) is 0. The first kappa shape index (κ1) is 18.8. The Labute approximate surface area is 149 Å². The van der Waals surface area contributed by atoms with Gasteiger partial charge in [0.25, 0.3) is 0 Å². The normalized spacial score (nSPS) is 17.5. The standard InChI is InChI=1S/C23H33N/c1-20(2)11-10-12-21(3)19-23(24-17-8-5-9-18-24)16-15-22-13-6-4-7-14-22/h4,6-7,11,13-14,21,23H,5,8-10,12,17-19H2,1-3H3/t21-,23-/m0/s1. The van der Waals surface area contributed by atoms with Gasteiger partial charge in [0.05, 0.1) is 6.04 Å². The molecule has 0 aliphatic carbocycles. The minimum absolute atomic E-state index is 0.409. The smallest absolute Gasteiger partial charge is 0.0720 e. The zero-order valence-electron chi connectivity index (χ0n) is 15.7. The molecule has 1 heteroatoms. The van der Waals surface area contributed by atoms with Gasteiger partial charge in [0.1, 0.15) is 0 Å². The quantitative estimate of drug-likeness (QED) is 0.482. The molecule has 0 amide bonds. The number of benzene rings is 1. The van der Waals surface area contributed by atoms with E-state index in [1.807, 2.05) is 0 Å². The molecule has 0 radical (unpaired) electrons. The minimum atomic E-state index is 0.409. The summed E-state index contributed by atoms with van der Waals surface area (Å²) in [5, 5.41) is 0. The Hall–Kier alpha value is -1.52. The molecule has 2 atom stereocenters. The predicted octanol–water partition coefficient (Wildman–Crippen LogP) is 5.67. The van der Waals surface area contributed by atoms with E-state index in [9.17, 15) is 0 Å². The van der Waals surface area contributed by atoms with Gasteiger partial charge in [0.2, 0.25) is 0 Å². The summed E-state index contributed by atoms with van der Waals surface area (Å²) in [6.07, 6.45) is 10.1. The summed E-state index contributed by atoms with van der Waals surface area (Å²) in [6.45, 7) is 9.20. The van der Waals surface area contributed by atoms with Crippen LogP contribution < -0.4 is 0 Å². The molecule has 1 saturated heterocycles. The Morgan fingerprint density at radius 1 is 1.12 bits per heavy atom. The number of allylic oxidation sites excluding steroid dienone is 2. The van der Waals surface area contributed by atoms with Gasteiger partial charge in [-0.05, 0) is 77.1 Å². The molecule has 0 bridgehead atoms. The van der Waals surface area contributed by atoms with Crippen molar-refractivity contribution in [2.75, 3.05) is 13.1 Å². The molecule has 2 rings (SSSR count). The van der Waals surface area contributed by atoms with Crippen molar-refractivity contribution in [2.24, 2.45) is 5.92 Å². The fourth-order valence-electron chi connectivity index (χ4n) is 3.37. The van der Waals surface area contributed by atoms with Crippen molar-refractivity contribution in [3.8, 4) is 11.8 Å². The van der Waals surface area contributed by atoms with Crippen molar-refractivity contribution < 1.29 is 0 Å². The van der Waals surface area contributed by atoms with E-state index >= 15 is 0 Å². The molecule has 24 heavy (non-hydrogen) atoms. The first-order valence-corrected chi connectivity index (χ1v) is 9.59. The maximum Gasteiger partial charge on any atom is 0.0720 e. The summed E-state index contributed by atoms with van der Waals surface area (Å²) in [6, 6.07) is 10.8. The van der Waals surface area contributed by atoms with Crippen molar-refractivity contribution in [3.63, 3.8) is 0 Å². The molecule has 0 aromatic heterocycles. The van der Waals surface area contributed by atoms with Crippen LogP contribution in [0, 0.1) is 17.8 Å². The highest BCUT2D eigenvalue weighted by molar-refractivity contribution is 5.34. The van der Waals surface area contributed by atoms with Gasteiger partial charge in [-0.25, -0.2) is 0 Å². The molecule has 1 aromatic rings. The highest BCUT2D eigenvalue weighted by atomic mass is 15.2. The van der Waals surface area contributed by atoms with Gasteiger partial charge in [0, 0.05) is 5.56 Å². The van der Waals surface area contributed by atoms with E-state index in [2.05, 4.69) is 73.9 Å². The third kappa shape index (κ3) is 6.93. The van der Waals surface area contributed by atoms with Crippen LogP contribution in [0.3, 0.4) is 0 Å². The second kappa shape index (κ2) is 10.4. The zero-order valence-corrected chi connectivity index (χ0v) is 15.7. The third-order valence-electron chi connectivity index (χ3n) is 4.83. The molecule has 0 spiro atoms. The number of likely N-dealkylation sites (tertiary alicyclic amines) is 1. The number of hydrogen-bond acceptors (Lipinski definition) is 1. The summed E-state index contributed by atoms with van der Waals surface area (Å²) >= 11 is 0. The predicted molar refractivity (Wildman–Crippen MR) is 105 cm³/mol. The van der Waals surface area contributed by atoms with E-state index in [0.717, 1.165) is 11.5 Å². The van der Waals surface area contributed by atoms with Gasteiger partial charge in [0.15, 0.2) is 0 Å². The Kier molecular flexibility index (Phi) is 8.13. The van der Waals surface area contributed by atoms with Crippen LogP contribution in [-0.4, -0.2) is 24.0 Å². The monoisotopic (exact) mass is 323 g/mol. The van der Waals surface area contributed by atoms with E-state index in [0.29, 0.717) is 6.04 Å². The van der Waals surface area contributed by atoms with E-state index in [1.165, 1.54) is 57.2 Å². The molecule has 1 fully saturated rings. The number of rotatable bonds is 6. The highest BCUT2D eigenvalue weighted by Crippen LogP contribution is 2.20. The fraction of sp³-hybridized carbons (Fsp3) is 0.565. The lowest BCUT2D eigenvalue weighted by molar-refractivity contribution is 0.175. The van der Waals surface area contributed by atoms with Gasteiger partial charge in [-0.3, -0.25) is 4.90 Å². The average molecular weight is 324 g/mol. The largest absolute Gasteiger partial charge is 0.290 e. The maximum atomic E-state index is 3.60. The molecule has 1 aliphatic rings. The summed E-state index contributed by atoms with van der Waals surface area (Å²) in [5.74, 6) is 7.73. The highest BCUT2D eigenvalue weighted by Gasteiger charge is 2.20. The van der Waals surface area contributed by atoms with E-state index in [4.69, 9.17) is 0 Å². The van der Waals surface area contributed by atoms with Crippen molar-refractivity contribution in [2.45, 2.75) is 65.3 Å². The van der Waals surface area contributed by atoms with Crippen LogP contribution in [0.5, 0.6) is 0 Å². The topological polar surface area (TPSA) is 3.24 Å². The average Bonchev–Trinajstić information content (AvgIpc) is 2.60. The van der Waals surface area contributed by atoms with Crippen LogP contribution in [0.2, 0.25) is 0 Å². The van der Waals surface area contributed by atoms with Gasteiger partial charge in [-0.15, -0.1) is 0 Å². The van der Waals surface area contributed by atoms with Crippen LogP contribution in [0.4, 0.5) is 0 Å². The van der Waals surface area contributed by atoms with Crippen LogP contribution >= 0.6 is 0 Å². The molecule has 1 aliphatic heterocycles. The Bertz CT molecular complexity index is 551. The van der Waals surface area contributed by atoms with Gasteiger partial charge in [-0.2, -0.15) is 0 Å². The first-order chi connectivity index (χ1) is 11.6. The van der Waals surface area contributed by atoms with Crippen LogP contribution in [0.1, 0.15) is 64.9 Å². The lowest BCUT2D eigenvalue weighted by Gasteiger charge is -2.33. The molecular weight excluding hydrogens is 290 g/mol. The van der Waals surface area contributed by atoms with E-state index < -0.39 is 0 Å². The maximum absolute atomic E-state index is 3.60. The molecule has 0 unspecified atom stereocenters. The van der Waals surface area contributed by atoms with Gasteiger partial charge >= 0.3 is 0 Å². The van der Waals surface area contributed by atoms with Crippen molar-refractivity contribution in [1.29, 1.82) is 0 Å². The van der Waals surface area contributed by atoms with Crippen LogP contribution in [0.25, 0.3) is 0 Å². The lowest BCUT2D eigenvalue weighted by atomic mass is 9.94. The van der Waals surface area contributed by atoms with Crippen molar-refractivity contribution in [1.82, 2.24) is 4.90 Å². The molecule has 1 aromatic carbocycles. The fourth-order valence-corrected chi connectivity index (χ4v) is 3.37. The Balaban J connectivity index is 2.00. The summed E-state index contributed by atoms with van der Waals surface area (Å²) < 4.78 is 0. The zero-order chi connectivity index (χ0) is 17.2. The second-order valence-electron chi connectivity index (χ2n) is 7.45. The van der Waals surface area contributed by atoms with Crippen molar-refractivity contribution >= 4 is 0 Å². The summed E-state index contributed by atoms with van der Waals surface area (Å²) in [5.41, 5.74) is 2.57. The number of piperidine rings is 1. The molecule has 130 valence electrons. The molecule has 0 N–H and O–H groups in total. The Morgan fingerprint density at radius 3 is 2.50 bits per heavy atom. The third-order valence-corrected chi connectivity index (χ3v) is 4.83. The van der Waals surface area contributed by atoms with Crippen molar-refractivity contribution in [3.05, 3.63) is 47.5 Å². The molecule has 1 nitrogen and oxygen atoms in total. The number of hydrogen-bond donors (Lipinski definition) is 0. The Morgan fingerprint density at radius 2 is 1.83 bits per heavy atom. The molecule has 1 heterocycles. The number of nitrogens with zero attached hydrogens (tertiary/aromatic N) is 1. The first-order valence-electron chi connectivity index (χ1n) is 9.59.